The molecule has 0 atom stereocenters. The van der Waals surface area contributed by atoms with Crippen molar-refractivity contribution in [3.63, 3.8) is 0 Å². The molecule has 0 saturated heterocycles. The second-order valence-corrected chi connectivity index (χ2v) is 8.48. The van der Waals surface area contributed by atoms with Crippen LogP contribution < -0.4 is 10.6 Å². The smallest absolute Gasteiger partial charge is 0.243 e. The van der Waals surface area contributed by atoms with Crippen LogP contribution in [0.4, 0.5) is 11.4 Å². The molecule has 10 heteroatoms. The van der Waals surface area contributed by atoms with Gasteiger partial charge in [-0.2, -0.15) is 6.07 Å². The minimum absolute atomic E-state index is 0. The van der Waals surface area contributed by atoms with Gasteiger partial charge >= 0.3 is 0 Å². The first-order valence-corrected chi connectivity index (χ1v) is 9.02. The molecule has 0 aliphatic rings. The van der Waals surface area contributed by atoms with E-state index in [0.717, 1.165) is 6.07 Å². The van der Waals surface area contributed by atoms with Crippen molar-refractivity contribution >= 4 is 33.0 Å². The molecule has 1 aromatic carbocycles. The van der Waals surface area contributed by atoms with Gasteiger partial charge in [-0.25, -0.2) is 8.42 Å². The van der Waals surface area contributed by atoms with Crippen LogP contribution in [0.1, 0.15) is 20.8 Å². The van der Waals surface area contributed by atoms with Crippen molar-refractivity contribution in [2.75, 3.05) is 10.6 Å². The molecule has 2 aromatic rings. The van der Waals surface area contributed by atoms with Gasteiger partial charge in [-0.1, -0.05) is 5.69 Å². The fraction of sp³-hybridized carbons (Fsp3) is 0.235. The number of phenols is 1. The first kappa shape index (κ1) is 23.2. The number of benzene rings is 1. The molecule has 3 N–H and O–H groups in total. The van der Waals surface area contributed by atoms with Crippen LogP contribution >= 0.6 is 0 Å². The number of pyridine rings is 1. The number of nitrogens with zero attached hydrogens (tertiary/aromatic N) is 1. The standard InChI is InChI=1S/C17H18N3O5S.Y/c1-11(21)19-14-5-4-12(10-15(14)22)20-16(23)17(2,3)26(24,25)13-6-8-18-9-7-13;/h5-10,22H,1-3H3,(H,19,21)(H,20,23);/q-1;. The zero-order valence-corrected chi connectivity index (χ0v) is 18.6. The maximum Gasteiger partial charge on any atom is 0.243 e. The van der Waals surface area contributed by atoms with Crippen molar-refractivity contribution < 1.29 is 55.8 Å². The van der Waals surface area contributed by atoms with Crippen molar-refractivity contribution in [2.45, 2.75) is 30.4 Å². The number of aromatic nitrogens is 1. The van der Waals surface area contributed by atoms with Gasteiger partial charge in [-0.3, -0.25) is 14.6 Å². The van der Waals surface area contributed by atoms with Crippen LogP contribution in [-0.4, -0.2) is 35.1 Å². The van der Waals surface area contributed by atoms with Gasteiger partial charge in [-0.05, 0) is 31.7 Å². The normalized spacial score (nSPS) is 11.2. The molecule has 141 valence electrons. The topological polar surface area (TPSA) is 125 Å². The van der Waals surface area contributed by atoms with Gasteiger partial charge in [0.05, 0.1) is 4.90 Å². The number of amides is 2. The number of aromatic hydroxyl groups is 1. The summed E-state index contributed by atoms with van der Waals surface area (Å²) < 4.78 is 23.7. The Hall–Kier alpha value is -1.84. The van der Waals surface area contributed by atoms with Gasteiger partial charge in [0.1, 0.15) is 4.75 Å². The Morgan fingerprint density at radius 2 is 1.78 bits per heavy atom. The molecule has 0 fully saturated rings. The molecule has 0 saturated carbocycles. The van der Waals surface area contributed by atoms with Crippen LogP contribution in [0.3, 0.4) is 0 Å². The number of sulfone groups is 1. The summed E-state index contributed by atoms with van der Waals surface area (Å²) in [5.74, 6) is -1.46. The monoisotopic (exact) mass is 465 g/mol. The summed E-state index contributed by atoms with van der Waals surface area (Å²) >= 11 is 0. The fourth-order valence-corrected chi connectivity index (χ4v) is 3.41. The van der Waals surface area contributed by atoms with Gasteiger partial charge in [0.15, 0.2) is 9.84 Å². The molecule has 2 rings (SSSR count). The number of anilines is 2. The Labute approximate surface area is 182 Å². The molecule has 0 aliphatic heterocycles. The molecular weight excluding hydrogens is 447 g/mol. The second-order valence-electron chi connectivity index (χ2n) is 5.98. The van der Waals surface area contributed by atoms with E-state index in [4.69, 9.17) is 0 Å². The molecular formula is C17H18N3O5SY-. The number of carbonyl (C=O) groups is 2. The zero-order chi connectivity index (χ0) is 19.5. The summed E-state index contributed by atoms with van der Waals surface area (Å²) in [5.41, 5.74) is 0.193. The third-order valence-electron chi connectivity index (χ3n) is 3.67. The largest absolute Gasteiger partial charge is 0.531 e. The number of carbonyl (C=O) groups excluding carboxylic acids is 2. The Bertz CT molecular complexity index is 946. The van der Waals surface area contributed by atoms with Gasteiger partial charge in [0.2, 0.25) is 11.8 Å². The third kappa shape index (κ3) is 5.12. The van der Waals surface area contributed by atoms with Gasteiger partial charge in [0.25, 0.3) is 0 Å². The summed E-state index contributed by atoms with van der Waals surface area (Å²) in [6.07, 6.45) is 2.65. The van der Waals surface area contributed by atoms with E-state index in [1.807, 2.05) is 0 Å². The van der Waals surface area contributed by atoms with Crippen LogP contribution in [0.25, 0.3) is 0 Å². The molecule has 0 aliphatic carbocycles. The number of phenolic OH excluding ortho intramolecular Hbond substituents is 1. The van der Waals surface area contributed by atoms with Crippen molar-refractivity contribution in [3.8, 4) is 5.75 Å². The van der Waals surface area contributed by atoms with Crippen LogP contribution in [-0.2, 0) is 52.1 Å². The van der Waals surface area contributed by atoms with E-state index in [1.165, 1.54) is 51.4 Å². The van der Waals surface area contributed by atoms with Crippen molar-refractivity contribution in [2.24, 2.45) is 0 Å². The first-order valence-electron chi connectivity index (χ1n) is 7.54. The van der Waals surface area contributed by atoms with Gasteiger partial charge in [0, 0.05) is 57.8 Å². The van der Waals surface area contributed by atoms with Crippen LogP contribution in [0.5, 0.6) is 5.75 Å². The number of hydrogen-bond acceptors (Lipinski definition) is 6. The maximum absolute atomic E-state index is 12.7. The average Bonchev–Trinajstić information content (AvgIpc) is 2.57. The zero-order valence-electron chi connectivity index (χ0n) is 15.0. The van der Waals surface area contributed by atoms with Crippen LogP contribution in [0, 0.1) is 6.07 Å². The molecule has 1 aromatic heterocycles. The minimum atomic E-state index is -3.98. The van der Waals surface area contributed by atoms with E-state index in [9.17, 15) is 23.1 Å². The summed E-state index contributed by atoms with van der Waals surface area (Å²) in [5, 5.41) is 14.7. The first-order chi connectivity index (χ1) is 12.1. The molecule has 8 nitrogen and oxygen atoms in total. The predicted octanol–water partition coefficient (Wildman–Crippen LogP) is 1.73. The quantitative estimate of drug-likeness (QED) is 0.456. The molecule has 1 radical (unpaired) electrons. The van der Waals surface area contributed by atoms with E-state index in [2.05, 4.69) is 21.7 Å². The SMILES string of the molecule is CC(=O)Nc1c[c-]c(NC(=O)C(C)(C)S(=O)(=O)c2ccncc2)cc1O.[Y]. The van der Waals surface area contributed by atoms with E-state index in [1.54, 1.807) is 0 Å². The Kier molecular flexibility index (Phi) is 7.65. The van der Waals surface area contributed by atoms with Gasteiger partial charge in [-0.15, -0.1) is 12.1 Å². The van der Waals surface area contributed by atoms with Crippen LogP contribution in [0.2, 0.25) is 0 Å². The Morgan fingerprint density at radius 1 is 1.19 bits per heavy atom. The summed E-state index contributed by atoms with van der Waals surface area (Å²) in [6, 6.07) is 7.73. The van der Waals surface area contributed by atoms with Crippen molar-refractivity contribution in [1.82, 2.24) is 4.98 Å². The molecule has 0 unspecified atom stereocenters. The fourth-order valence-electron chi connectivity index (χ4n) is 2.05. The number of rotatable bonds is 5. The Balaban J connectivity index is 0.00000364. The number of nitrogens with one attached hydrogen (secondary N) is 2. The van der Waals surface area contributed by atoms with Crippen LogP contribution in [0.15, 0.2) is 41.6 Å². The maximum atomic E-state index is 12.7. The third-order valence-corrected chi connectivity index (χ3v) is 6.09. The Morgan fingerprint density at radius 3 is 2.30 bits per heavy atom. The second kappa shape index (κ2) is 8.90. The van der Waals surface area contributed by atoms with Gasteiger partial charge < -0.3 is 15.7 Å². The predicted molar refractivity (Wildman–Crippen MR) is 95.4 cm³/mol. The van der Waals surface area contributed by atoms with Crippen molar-refractivity contribution in [1.29, 1.82) is 0 Å². The van der Waals surface area contributed by atoms with E-state index in [-0.39, 0.29) is 60.6 Å². The summed E-state index contributed by atoms with van der Waals surface area (Å²) in [6.45, 7) is 3.84. The minimum Gasteiger partial charge on any atom is -0.531 e. The summed E-state index contributed by atoms with van der Waals surface area (Å²) in [4.78, 5) is 27.3. The van der Waals surface area contributed by atoms with E-state index >= 15 is 0 Å². The number of hydrogen-bond donors (Lipinski definition) is 3. The molecule has 0 spiro atoms. The molecule has 2 amide bonds. The van der Waals surface area contributed by atoms with Crippen molar-refractivity contribution in [3.05, 3.63) is 42.7 Å². The van der Waals surface area contributed by atoms with E-state index < -0.39 is 20.5 Å². The average molecular weight is 465 g/mol. The van der Waals surface area contributed by atoms with E-state index in [0.29, 0.717) is 0 Å². The summed E-state index contributed by atoms with van der Waals surface area (Å²) in [7, 11) is -3.98. The molecule has 0 bridgehead atoms. The molecule has 27 heavy (non-hydrogen) atoms. The molecule has 1 heterocycles.